The standard InChI is InChI=1S/C10H10INOS/c1-8-3-5-12-9(7-8)10(2,13)4-6-14-11/h3,5,7,13H,1-2H3. The van der Waals surface area contributed by atoms with Gasteiger partial charge in [0.1, 0.15) is 0 Å². The van der Waals surface area contributed by atoms with Gasteiger partial charge >= 0.3 is 0 Å². The Kier molecular flexibility index (Phi) is 4.23. The van der Waals surface area contributed by atoms with E-state index in [1.807, 2.05) is 19.1 Å². The van der Waals surface area contributed by atoms with E-state index in [0.717, 1.165) is 5.56 Å². The van der Waals surface area contributed by atoms with Crippen molar-refractivity contribution in [2.24, 2.45) is 0 Å². The average Bonchev–Trinajstić information content (AvgIpc) is 2.15. The third-order valence-electron chi connectivity index (χ3n) is 1.75. The number of halogens is 1. The minimum Gasteiger partial charge on any atom is -0.372 e. The normalized spacial score (nSPS) is 14.0. The topological polar surface area (TPSA) is 33.1 Å². The fourth-order valence-electron chi connectivity index (χ4n) is 0.985. The van der Waals surface area contributed by atoms with E-state index in [0.29, 0.717) is 5.69 Å². The highest BCUT2D eigenvalue weighted by Gasteiger charge is 2.21. The summed E-state index contributed by atoms with van der Waals surface area (Å²) in [6.07, 6.45) is 1.68. The molecule has 0 aliphatic heterocycles. The first-order valence-corrected chi connectivity index (χ1v) is 7.37. The molecule has 1 N–H and O–H groups in total. The highest BCUT2D eigenvalue weighted by molar-refractivity contribution is 14.2. The molecule has 0 saturated heterocycles. The van der Waals surface area contributed by atoms with Gasteiger partial charge in [-0.2, -0.15) is 0 Å². The smallest absolute Gasteiger partial charge is 0.165 e. The van der Waals surface area contributed by atoms with Crippen LogP contribution in [0.25, 0.3) is 0 Å². The molecule has 2 nitrogen and oxygen atoms in total. The zero-order chi connectivity index (χ0) is 10.6. The number of aromatic nitrogens is 1. The number of nitrogens with zero attached hydrogens (tertiary/aromatic N) is 1. The fourth-order valence-corrected chi connectivity index (χ4v) is 1.55. The molecular weight excluding hydrogens is 309 g/mol. The van der Waals surface area contributed by atoms with E-state index in [4.69, 9.17) is 0 Å². The molecule has 0 aromatic carbocycles. The lowest BCUT2D eigenvalue weighted by Gasteiger charge is -2.15. The molecule has 0 amide bonds. The zero-order valence-electron chi connectivity index (χ0n) is 7.91. The number of hydrogen-bond acceptors (Lipinski definition) is 3. The fraction of sp³-hybridized carbons (Fsp3) is 0.300. The van der Waals surface area contributed by atoms with Gasteiger partial charge in [-0.25, -0.2) is 0 Å². The SMILES string of the molecule is Cc1ccnc(C(C)(O)C#CSI)c1. The molecule has 0 fully saturated rings. The maximum atomic E-state index is 9.99. The molecule has 14 heavy (non-hydrogen) atoms. The molecule has 1 aromatic rings. The number of aryl methyl sites for hydroxylation is 1. The molecule has 0 aliphatic rings. The molecule has 0 aliphatic carbocycles. The summed E-state index contributed by atoms with van der Waals surface area (Å²) in [5, 5.41) is 12.8. The number of pyridine rings is 1. The van der Waals surface area contributed by atoms with Crippen LogP contribution in [0.4, 0.5) is 0 Å². The molecule has 0 radical (unpaired) electrons. The van der Waals surface area contributed by atoms with Crippen LogP contribution in [-0.2, 0) is 5.60 Å². The molecule has 4 heteroatoms. The van der Waals surface area contributed by atoms with E-state index in [1.54, 1.807) is 13.1 Å². The largest absolute Gasteiger partial charge is 0.372 e. The molecule has 1 rings (SSSR count). The number of rotatable bonds is 1. The van der Waals surface area contributed by atoms with Crippen LogP contribution in [-0.4, -0.2) is 10.1 Å². The zero-order valence-corrected chi connectivity index (χ0v) is 10.9. The Morgan fingerprint density at radius 3 is 2.93 bits per heavy atom. The van der Waals surface area contributed by atoms with Gasteiger partial charge in [0.25, 0.3) is 0 Å². The van der Waals surface area contributed by atoms with Crippen molar-refractivity contribution >= 4 is 30.1 Å². The third-order valence-corrected chi connectivity index (χ3v) is 2.59. The Morgan fingerprint density at radius 2 is 2.36 bits per heavy atom. The van der Waals surface area contributed by atoms with Gasteiger partial charge in [0.05, 0.1) is 5.69 Å². The maximum absolute atomic E-state index is 9.99. The molecular formula is C10H10INOS. The highest BCUT2D eigenvalue weighted by atomic mass is 127. The van der Waals surface area contributed by atoms with Crippen LogP contribution < -0.4 is 0 Å². The third kappa shape index (κ3) is 3.15. The van der Waals surface area contributed by atoms with Crippen molar-refractivity contribution in [2.45, 2.75) is 19.4 Å². The summed E-state index contributed by atoms with van der Waals surface area (Å²) >= 11 is 2.07. The van der Waals surface area contributed by atoms with Crippen molar-refractivity contribution in [1.82, 2.24) is 4.98 Å². The maximum Gasteiger partial charge on any atom is 0.165 e. The Balaban J connectivity index is 3.03. The van der Waals surface area contributed by atoms with E-state index in [2.05, 4.69) is 37.4 Å². The van der Waals surface area contributed by atoms with Gasteiger partial charge in [-0.3, -0.25) is 4.98 Å². The lowest BCUT2D eigenvalue weighted by Crippen LogP contribution is -2.20. The van der Waals surface area contributed by atoms with E-state index >= 15 is 0 Å². The van der Waals surface area contributed by atoms with Crippen LogP contribution in [0.5, 0.6) is 0 Å². The summed E-state index contributed by atoms with van der Waals surface area (Å²) < 4.78 is 0. The van der Waals surface area contributed by atoms with Gasteiger partial charge in [0, 0.05) is 27.4 Å². The first-order valence-electron chi connectivity index (χ1n) is 4.01. The van der Waals surface area contributed by atoms with E-state index in [9.17, 15) is 5.11 Å². The molecule has 1 atom stereocenters. The van der Waals surface area contributed by atoms with Crippen molar-refractivity contribution in [3.63, 3.8) is 0 Å². The predicted octanol–water partition coefficient (Wildman–Crippen LogP) is 2.64. The molecule has 0 saturated carbocycles. The van der Waals surface area contributed by atoms with E-state index in [-0.39, 0.29) is 0 Å². The van der Waals surface area contributed by atoms with Crippen LogP contribution in [0.3, 0.4) is 0 Å². The monoisotopic (exact) mass is 319 g/mol. The average molecular weight is 319 g/mol. The van der Waals surface area contributed by atoms with E-state index in [1.165, 1.54) is 8.93 Å². The number of aliphatic hydroxyl groups is 1. The minimum absolute atomic E-state index is 0.593. The Labute approximate surface area is 100 Å². The molecule has 0 spiro atoms. The second-order valence-electron chi connectivity index (χ2n) is 3.09. The van der Waals surface area contributed by atoms with Gasteiger partial charge in [-0.1, -0.05) is 0 Å². The first kappa shape index (κ1) is 11.8. The Bertz CT molecular complexity index is 381. The van der Waals surface area contributed by atoms with Crippen LogP contribution in [0.15, 0.2) is 18.3 Å². The van der Waals surface area contributed by atoms with Crippen molar-refractivity contribution in [3.8, 4) is 11.2 Å². The van der Waals surface area contributed by atoms with Crippen LogP contribution in [0.1, 0.15) is 18.2 Å². The van der Waals surface area contributed by atoms with Crippen molar-refractivity contribution in [2.75, 3.05) is 0 Å². The summed E-state index contributed by atoms with van der Waals surface area (Å²) in [5.41, 5.74) is 0.499. The van der Waals surface area contributed by atoms with Gasteiger partial charge in [0.15, 0.2) is 5.60 Å². The summed E-state index contributed by atoms with van der Waals surface area (Å²) in [7, 11) is 1.35. The Hall–Kier alpha value is -0.250. The molecule has 1 heterocycles. The lowest BCUT2D eigenvalue weighted by atomic mass is 10.0. The van der Waals surface area contributed by atoms with Crippen molar-refractivity contribution in [1.29, 1.82) is 0 Å². The summed E-state index contributed by atoms with van der Waals surface area (Å²) in [5.74, 6) is 2.75. The first-order chi connectivity index (χ1) is 6.56. The highest BCUT2D eigenvalue weighted by Crippen LogP contribution is 2.19. The van der Waals surface area contributed by atoms with Gasteiger partial charge in [-0.05, 0) is 51.6 Å². The summed E-state index contributed by atoms with van der Waals surface area (Å²) in [6, 6.07) is 3.73. The lowest BCUT2D eigenvalue weighted by molar-refractivity contribution is 0.117. The van der Waals surface area contributed by atoms with Gasteiger partial charge < -0.3 is 5.11 Å². The summed E-state index contributed by atoms with van der Waals surface area (Å²) in [6.45, 7) is 3.61. The second-order valence-corrected chi connectivity index (χ2v) is 4.77. The predicted molar refractivity (Wildman–Crippen MR) is 67.9 cm³/mol. The van der Waals surface area contributed by atoms with Gasteiger partial charge in [-0.15, -0.1) is 0 Å². The van der Waals surface area contributed by atoms with E-state index < -0.39 is 5.60 Å². The molecule has 0 bridgehead atoms. The molecule has 1 unspecified atom stereocenters. The van der Waals surface area contributed by atoms with Gasteiger partial charge in [0.2, 0.25) is 0 Å². The van der Waals surface area contributed by atoms with Crippen LogP contribution in [0, 0.1) is 18.1 Å². The quantitative estimate of drug-likeness (QED) is 0.638. The van der Waals surface area contributed by atoms with Crippen molar-refractivity contribution < 1.29 is 5.11 Å². The van der Waals surface area contributed by atoms with Crippen LogP contribution in [0.2, 0.25) is 0 Å². The Morgan fingerprint density at radius 1 is 1.64 bits per heavy atom. The summed E-state index contributed by atoms with van der Waals surface area (Å²) in [4.78, 5) is 4.10. The number of hydrogen-bond donors (Lipinski definition) is 1. The second kappa shape index (κ2) is 5.01. The van der Waals surface area contributed by atoms with Crippen LogP contribution >= 0.6 is 30.1 Å². The molecule has 1 aromatic heterocycles. The minimum atomic E-state index is -1.16. The van der Waals surface area contributed by atoms with Crippen molar-refractivity contribution in [3.05, 3.63) is 29.6 Å². The molecule has 74 valence electrons.